The lowest BCUT2D eigenvalue weighted by Crippen LogP contribution is -2.35. The zero-order chi connectivity index (χ0) is 32.0. The first-order valence-corrected chi connectivity index (χ1v) is 15.9. The molecule has 2 aromatic heterocycles. The maximum Gasteiger partial charge on any atom is 0.422 e. The number of aromatic amines is 1. The SMILES string of the molecule is CC(C)c1cccc(C(C)C)c1OC(=O)NC(=O)OC(Cc1ccncc1)c1nc(C(C)C)c(Sc2cc(Cl)cc(Cl)c2)[nH]1. The molecule has 2 amide bonds. The highest BCUT2D eigenvalue weighted by atomic mass is 35.5. The second-order valence-corrected chi connectivity index (χ2v) is 13.2. The van der Waals surface area contributed by atoms with Crippen LogP contribution in [-0.4, -0.2) is 27.1 Å². The Morgan fingerprint density at radius 2 is 1.50 bits per heavy atom. The summed E-state index contributed by atoms with van der Waals surface area (Å²) in [6.07, 6.45) is 0.873. The van der Waals surface area contributed by atoms with Crippen LogP contribution < -0.4 is 10.1 Å². The van der Waals surface area contributed by atoms with Crippen LogP contribution in [0.4, 0.5) is 9.59 Å². The van der Waals surface area contributed by atoms with E-state index in [-0.39, 0.29) is 24.2 Å². The average Bonchev–Trinajstić information content (AvgIpc) is 3.36. The molecule has 0 bridgehead atoms. The van der Waals surface area contributed by atoms with Gasteiger partial charge in [0.15, 0.2) is 6.10 Å². The van der Waals surface area contributed by atoms with Crippen molar-refractivity contribution in [2.75, 3.05) is 0 Å². The monoisotopic (exact) mass is 654 g/mol. The summed E-state index contributed by atoms with van der Waals surface area (Å²) in [7, 11) is 0. The molecule has 1 unspecified atom stereocenters. The summed E-state index contributed by atoms with van der Waals surface area (Å²) >= 11 is 13.9. The minimum atomic E-state index is -0.958. The Morgan fingerprint density at radius 1 is 0.886 bits per heavy atom. The highest BCUT2D eigenvalue weighted by molar-refractivity contribution is 7.99. The first-order chi connectivity index (χ1) is 20.9. The molecule has 8 nitrogen and oxygen atoms in total. The quantitative estimate of drug-likeness (QED) is 0.175. The maximum atomic E-state index is 13.1. The fourth-order valence-corrected chi connectivity index (χ4v) is 6.41. The summed E-state index contributed by atoms with van der Waals surface area (Å²) in [5.41, 5.74) is 3.40. The standard InChI is InChI=1S/C33H36Cl2N4O4S/c1-18(2)25-8-7-9-26(19(3)4)29(25)43-33(41)39-32(40)42-27(14-21-10-12-36-13-11-21)30-37-28(20(5)6)31(38-30)44-24-16-22(34)15-23(35)17-24/h7-13,15-20,27H,14H2,1-6H3,(H,37,38)(H,39,40,41). The number of carbonyl (C=O) groups is 2. The number of nitrogens with one attached hydrogen (secondary N) is 2. The number of benzene rings is 2. The number of hydrogen-bond acceptors (Lipinski definition) is 7. The van der Waals surface area contributed by atoms with E-state index in [1.807, 2.05) is 84.0 Å². The van der Waals surface area contributed by atoms with Crippen molar-refractivity contribution in [2.24, 2.45) is 0 Å². The van der Waals surface area contributed by atoms with Gasteiger partial charge in [-0.25, -0.2) is 19.9 Å². The normalized spacial score (nSPS) is 12.1. The van der Waals surface area contributed by atoms with E-state index < -0.39 is 18.3 Å². The highest BCUT2D eigenvalue weighted by Crippen LogP contribution is 2.37. The van der Waals surface area contributed by atoms with Gasteiger partial charge >= 0.3 is 12.2 Å². The van der Waals surface area contributed by atoms with E-state index in [0.29, 0.717) is 21.6 Å². The lowest BCUT2D eigenvalue weighted by atomic mass is 9.94. The van der Waals surface area contributed by atoms with Gasteiger partial charge in [-0.2, -0.15) is 0 Å². The third-order valence-corrected chi connectivity index (χ3v) is 8.18. The Morgan fingerprint density at radius 3 is 2.07 bits per heavy atom. The Bertz CT molecular complexity index is 1560. The van der Waals surface area contributed by atoms with Crippen LogP contribution in [0.1, 0.15) is 93.6 Å². The Kier molecular flexibility index (Phi) is 11.4. The first-order valence-electron chi connectivity index (χ1n) is 14.4. The van der Waals surface area contributed by atoms with Crippen LogP contribution in [0.2, 0.25) is 10.0 Å². The van der Waals surface area contributed by atoms with Crippen molar-refractivity contribution in [1.29, 1.82) is 0 Å². The highest BCUT2D eigenvalue weighted by Gasteiger charge is 2.26. The molecule has 0 aliphatic heterocycles. The number of rotatable bonds is 10. The molecule has 2 N–H and O–H groups in total. The number of para-hydroxylation sites is 1. The first kappa shape index (κ1) is 33.4. The Labute approximate surface area is 272 Å². The molecule has 1 atom stereocenters. The molecule has 232 valence electrons. The van der Waals surface area contributed by atoms with Gasteiger partial charge in [0.1, 0.15) is 16.6 Å². The summed E-state index contributed by atoms with van der Waals surface area (Å²) in [5, 5.41) is 4.04. The molecule has 0 saturated carbocycles. The van der Waals surface area contributed by atoms with Crippen LogP contribution >= 0.6 is 35.0 Å². The van der Waals surface area contributed by atoms with Crippen molar-refractivity contribution in [3.63, 3.8) is 0 Å². The number of alkyl carbamates (subject to hydrolysis) is 1. The molecule has 2 aromatic carbocycles. The van der Waals surface area contributed by atoms with Crippen molar-refractivity contribution in [3.8, 4) is 5.75 Å². The smallest absolute Gasteiger partial charge is 0.422 e. The molecule has 44 heavy (non-hydrogen) atoms. The fourth-order valence-electron chi connectivity index (χ4n) is 4.60. The number of aromatic nitrogens is 3. The van der Waals surface area contributed by atoms with Crippen molar-refractivity contribution in [3.05, 3.63) is 99.2 Å². The minimum Gasteiger partial charge on any atom is -0.437 e. The zero-order valence-electron chi connectivity index (χ0n) is 25.5. The van der Waals surface area contributed by atoms with Crippen molar-refractivity contribution < 1.29 is 19.1 Å². The Hall–Kier alpha value is -3.53. The fraction of sp³-hybridized carbons (Fsp3) is 0.333. The lowest BCUT2D eigenvalue weighted by molar-refractivity contribution is 0.0923. The maximum absolute atomic E-state index is 13.1. The van der Waals surface area contributed by atoms with E-state index >= 15 is 0 Å². The molecular weight excluding hydrogens is 619 g/mol. The van der Waals surface area contributed by atoms with E-state index in [0.717, 1.165) is 32.3 Å². The number of imide groups is 1. The number of hydrogen-bond donors (Lipinski definition) is 2. The number of amides is 2. The molecule has 0 spiro atoms. The van der Waals surface area contributed by atoms with E-state index in [4.69, 9.17) is 37.7 Å². The van der Waals surface area contributed by atoms with Gasteiger partial charge in [0.05, 0.1) is 5.69 Å². The number of H-pyrrole nitrogens is 1. The molecule has 2 heterocycles. The second kappa shape index (κ2) is 15.0. The zero-order valence-corrected chi connectivity index (χ0v) is 27.8. The van der Waals surface area contributed by atoms with Gasteiger partial charge < -0.3 is 14.5 Å². The molecule has 0 saturated heterocycles. The van der Waals surface area contributed by atoms with Gasteiger partial charge in [0, 0.05) is 33.8 Å². The number of halogens is 2. The number of imidazole rings is 1. The molecule has 0 fully saturated rings. The predicted octanol–water partition coefficient (Wildman–Crippen LogP) is 9.84. The number of carbonyl (C=O) groups excluding carboxylic acids is 2. The van der Waals surface area contributed by atoms with Gasteiger partial charge in [-0.1, -0.05) is 94.7 Å². The number of pyridine rings is 1. The second-order valence-electron chi connectivity index (χ2n) is 11.2. The van der Waals surface area contributed by atoms with Crippen LogP contribution in [-0.2, 0) is 11.2 Å². The summed E-state index contributed by atoms with van der Waals surface area (Å²) < 4.78 is 11.5. The predicted molar refractivity (Wildman–Crippen MR) is 174 cm³/mol. The van der Waals surface area contributed by atoms with Crippen molar-refractivity contribution >= 4 is 47.2 Å². The molecule has 0 radical (unpaired) electrons. The third kappa shape index (κ3) is 8.77. The van der Waals surface area contributed by atoms with Gasteiger partial charge in [0.2, 0.25) is 0 Å². The summed E-state index contributed by atoms with van der Waals surface area (Å²) in [6, 6.07) is 14.7. The third-order valence-electron chi connectivity index (χ3n) is 6.76. The summed E-state index contributed by atoms with van der Waals surface area (Å²) in [4.78, 5) is 39.2. The number of ether oxygens (including phenoxy) is 2. The van der Waals surface area contributed by atoms with Gasteiger partial charge in [0.25, 0.3) is 0 Å². The lowest BCUT2D eigenvalue weighted by Gasteiger charge is -2.19. The Balaban J connectivity index is 1.59. The van der Waals surface area contributed by atoms with Gasteiger partial charge in [-0.05, 0) is 64.8 Å². The molecule has 11 heteroatoms. The van der Waals surface area contributed by atoms with Crippen LogP contribution in [0.15, 0.2) is 70.8 Å². The minimum absolute atomic E-state index is 0.0544. The van der Waals surface area contributed by atoms with E-state index in [1.54, 1.807) is 18.5 Å². The molecule has 0 aliphatic rings. The largest absolute Gasteiger partial charge is 0.437 e. The van der Waals surface area contributed by atoms with E-state index in [1.165, 1.54) is 11.8 Å². The van der Waals surface area contributed by atoms with Crippen LogP contribution in [0, 0.1) is 0 Å². The van der Waals surface area contributed by atoms with Crippen LogP contribution in [0.3, 0.4) is 0 Å². The van der Waals surface area contributed by atoms with Crippen LogP contribution in [0.5, 0.6) is 5.75 Å². The number of nitrogens with zero attached hydrogens (tertiary/aromatic N) is 2. The van der Waals surface area contributed by atoms with Gasteiger partial charge in [-0.15, -0.1) is 0 Å². The van der Waals surface area contributed by atoms with Crippen LogP contribution in [0.25, 0.3) is 0 Å². The average molecular weight is 656 g/mol. The van der Waals surface area contributed by atoms with E-state index in [2.05, 4.69) is 15.3 Å². The summed E-state index contributed by atoms with van der Waals surface area (Å²) in [5.74, 6) is 1.15. The molecule has 0 aliphatic carbocycles. The van der Waals surface area contributed by atoms with Crippen molar-refractivity contribution in [2.45, 2.75) is 81.7 Å². The molecule has 4 rings (SSSR count). The molecule has 4 aromatic rings. The van der Waals surface area contributed by atoms with Gasteiger partial charge in [-0.3, -0.25) is 4.98 Å². The summed E-state index contributed by atoms with van der Waals surface area (Å²) in [6.45, 7) is 12.1. The molecular formula is C33H36Cl2N4O4S. The van der Waals surface area contributed by atoms with E-state index in [9.17, 15) is 9.59 Å². The van der Waals surface area contributed by atoms with Crippen molar-refractivity contribution in [1.82, 2.24) is 20.3 Å². The topological polar surface area (TPSA) is 106 Å².